The molecule has 1 N–H and O–H groups in total. The van der Waals surface area contributed by atoms with Crippen LogP contribution in [0.1, 0.15) is 72.1 Å². The molecule has 0 aliphatic heterocycles. The van der Waals surface area contributed by atoms with Gasteiger partial charge in [-0.3, -0.25) is 0 Å². The molecule has 2 nitrogen and oxygen atoms in total. The standard InChI is InChI=1S/C17H35NO/c1-5-13-18-16(12-11-14(2)3)17(19-4)15-9-7-6-8-10-15/h14-18H,5-13H2,1-4H3. The number of hydrogen-bond acceptors (Lipinski definition) is 2. The Labute approximate surface area is 120 Å². The summed E-state index contributed by atoms with van der Waals surface area (Å²) in [6, 6.07) is 0.551. The highest BCUT2D eigenvalue weighted by Gasteiger charge is 2.30. The lowest BCUT2D eigenvalue weighted by atomic mass is 9.81. The second-order valence-electron chi connectivity index (χ2n) is 6.63. The molecule has 0 saturated heterocycles. The van der Waals surface area contributed by atoms with E-state index >= 15 is 0 Å². The number of rotatable bonds is 9. The first-order valence-electron chi connectivity index (χ1n) is 8.45. The van der Waals surface area contributed by atoms with E-state index in [-0.39, 0.29) is 0 Å². The van der Waals surface area contributed by atoms with Crippen LogP contribution in [-0.2, 0) is 4.74 Å². The Hall–Kier alpha value is -0.0800. The third-order valence-corrected chi connectivity index (χ3v) is 4.49. The highest BCUT2D eigenvalue weighted by molar-refractivity contribution is 4.85. The van der Waals surface area contributed by atoms with Gasteiger partial charge in [-0.1, -0.05) is 40.0 Å². The van der Waals surface area contributed by atoms with Crippen LogP contribution in [0, 0.1) is 11.8 Å². The van der Waals surface area contributed by atoms with Gasteiger partial charge in [-0.05, 0) is 50.5 Å². The molecule has 1 fully saturated rings. The van der Waals surface area contributed by atoms with Gasteiger partial charge in [0.1, 0.15) is 0 Å². The van der Waals surface area contributed by atoms with E-state index in [0.29, 0.717) is 12.1 Å². The molecule has 0 radical (unpaired) electrons. The van der Waals surface area contributed by atoms with Gasteiger partial charge in [-0.15, -0.1) is 0 Å². The van der Waals surface area contributed by atoms with Crippen molar-refractivity contribution >= 4 is 0 Å². The lowest BCUT2D eigenvalue weighted by molar-refractivity contribution is 0.00494. The Morgan fingerprint density at radius 3 is 2.32 bits per heavy atom. The van der Waals surface area contributed by atoms with Crippen LogP contribution in [0.4, 0.5) is 0 Å². The maximum atomic E-state index is 5.92. The Bertz CT molecular complexity index is 211. The van der Waals surface area contributed by atoms with Gasteiger partial charge in [-0.25, -0.2) is 0 Å². The van der Waals surface area contributed by atoms with Gasteiger partial charge in [0.25, 0.3) is 0 Å². The Kier molecular flexibility index (Phi) is 8.72. The number of methoxy groups -OCH3 is 1. The topological polar surface area (TPSA) is 21.3 Å². The van der Waals surface area contributed by atoms with E-state index in [9.17, 15) is 0 Å². The van der Waals surface area contributed by atoms with Gasteiger partial charge in [0.2, 0.25) is 0 Å². The number of ether oxygens (including phenoxy) is 1. The molecule has 1 aliphatic carbocycles. The van der Waals surface area contributed by atoms with Crippen LogP contribution in [0.3, 0.4) is 0 Å². The van der Waals surface area contributed by atoms with Crippen LogP contribution in [0.2, 0.25) is 0 Å². The van der Waals surface area contributed by atoms with Crippen molar-refractivity contribution in [2.24, 2.45) is 11.8 Å². The zero-order valence-corrected chi connectivity index (χ0v) is 13.6. The van der Waals surface area contributed by atoms with Crippen LogP contribution in [0.5, 0.6) is 0 Å². The van der Waals surface area contributed by atoms with Crippen molar-refractivity contribution in [1.29, 1.82) is 0 Å². The van der Waals surface area contributed by atoms with Crippen molar-refractivity contribution in [3.63, 3.8) is 0 Å². The van der Waals surface area contributed by atoms with Gasteiger partial charge in [0.05, 0.1) is 6.10 Å². The minimum absolute atomic E-state index is 0.422. The number of hydrogen-bond donors (Lipinski definition) is 1. The van der Waals surface area contributed by atoms with E-state index in [1.54, 1.807) is 0 Å². The van der Waals surface area contributed by atoms with Gasteiger partial charge in [0, 0.05) is 13.2 Å². The van der Waals surface area contributed by atoms with E-state index in [1.807, 2.05) is 7.11 Å². The van der Waals surface area contributed by atoms with E-state index in [0.717, 1.165) is 18.4 Å². The van der Waals surface area contributed by atoms with E-state index in [1.165, 1.54) is 51.4 Å². The molecule has 0 spiro atoms. The molecule has 1 saturated carbocycles. The first-order valence-corrected chi connectivity index (χ1v) is 8.45. The van der Waals surface area contributed by atoms with E-state index in [2.05, 4.69) is 26.1 Å². The molecule has 0 aromatic heterocycles. The summed E-state index contributed by atoms with van der Waals surface area (Å²) in [6.45, 7) is 8.00. The summed E-state index contributed by atoms with van der Waals surface area (Å²) in [4.78, 5) is 0. The molecule has 2 atom stereocenters. The molecule has 2 heteroatoms. The summed E-state index contributed by atoms with van der Waals surface area (Å²) in [5.74, 6) is 1.56. The second kappa shape index (κ2) is 9.77. The van der Waals surface area contributed by atoms with Gasteiger partial charge in [0.15, 0.2) is 0 Å². The first-order chi connectivity index (χ1) is 9.19. The quantitative estimate of drug-likeness (QED) is 0.670. The molecule has 0 bridgehead atoms. The van der Waals surface area contributed by atoms with Crippen molar-refractivity contribution in [1.82, 2.24) is 5.32 Å². The summed E-state index contributed by atoms with van der Waals surface area (Å²) in [6.07, 6.45) is 11.1. The molecule has 2 unspecified atom stereocenters. The SMILES string of the molecule is CCCNC(CCC(C)C)C(OC)C1CCCCC1. The molecule has 1 aliphatic rings. The lowest BCUT2D eigenvalue weighted by Crippen LogP contribution is -2.46. The first kappa shape index (κ1) is 17.0. The van der Waals surface area contributed by atoms with Gasteiger partial charge in [-0.2, -0.15) is 0 Å². The lowest BCUT2D eigenvalue weighted by Gasteiger charge is -2.36. The highest BCUT2D eigenvalue weighted by atomic mass is 16.5. The van der Waals surface area contributed by atoms with Crippen LogP contribution >= 0.6 is 0 Å². The Morgan fingerprint density at radius 1 is 1.11 bits per heavy atom. The third kappa shape index (κ3) is 6.27. The minimum Gasteiger partial charge on any atom is -0.380 e. The summed E-state index contributed by atoms with van der Waals surface area (Å²) in [5.41, 5.74) is 0. The monoisotopic (exact) mass is 269 g/mol. The third-order valence-electron chi connectivity index (χ3n) is 4.49. The molecule has 0 aromatic carbocycles. The Balaban J connectivity index is 2.55. The second-order valence-corrected chi connectivity index (χ2v) is 6.63. The molecule has 0 amide bonds. The van der Waals surface area contributed by atoms with E-state index in [4.69, 9.17) is 4.74 Å². The minimum atomic E-state index is 0.422. The van der Waals surface area contributed by atoms with Crippen molar-refractivity contribution in [3.05, 3.63) is 0 Å². The summed E-state index contributed by atoms with van der Waals surface area (Å²) in [7, 11) is 1.91. The molecular weight excluding hydrogens is 234 g/mol. The molecule has 0 heterocycles. The fourth-order valence-electron chi connectivity index (χ4n) is 3.37. The predicted octanol–water partition coefficient (Wildman–Crippen LogP) is 4.39. The largest absolute Gasteiger partial charge is 0.380 e. The zero-order valence-electron chi connectivity index (χ0n) is 13.6. The average Bonchev–Trinajstić information content (AvgIpc) is 2.43. The van der Waals surface area contributed by atoms with Crippen molar-refractivity contribution in [2.45, 2.75) is 84.3 Å². The van der Waals surface area contributed by atoms with Crippen molar-refractivity contribution in [2.75, 3.05) is 13.7 Å². The molecular formula is C17H35NO. The molecule has 0 aromatic rings. The predicted molar refractivity (Wildman–Crippen MR) is 83.5 cm³/mol. The van der Waals surface area contributed by atoms with Gasteiger partial charge >= 0.3 is 0 Å². The van der Waals surface area contributed by atoms with Crippen LogP contribution < -0.4 is 5.32 Å². The van der Waals surface area contributed by atoms with Crippen LogP contribution in [-0.4, -0.2) is 25.8 Å². The fourth-order valence-corrected chi connectivity index (χ4v) is 3.37. The van der Waals surface area contributed by atoms with E-state index < -0.39 is 0 Å². The van der Waals surface area contributed by atoms with Crippen LogP contribution in [0.15, 0.2) is 0 Å². The zero-order chi connectivity index (χ0) is 14.1. The van der Waals surface area contributed by atoms with Crippen LogP contribution in [0.25, 0.3) is 0 Å². The molecule has 19 heavy (non-hydrogen) atoms. The fraction of sp³-hybridized carbons (Fsp3) is 1.00. The van der Waals surface area contributed by atoms with Crippen molar-refractivity contribution < 1.29 is 4.74 Å². The normalized spacial score (nSPS) is 20.7. The average molecular weight is 269 g/mol. The smallest absolute Gasteiger partial charge is 0.0752 e. The molecule has 1 rings (SSSR count). The number of nitrogens with one attached hydrogen (secondary N) is 1. The van der Waals surface area contributed by atoms with Gasteiger partial charge < -0.3 is 10.1 Å². The summed E-state index contributed by atoms with van der Waals surface area (Å²) < 4.78 is 5.92. The maximum Gasteiger partial charge on any atom is 0.0752 e. The highest BCUT2D eigenvalue weighted by Crippen LogP contribution is 2.30. The summed E-state index contributed by atoms with van der Waals surface area (Å²) >= 11 is 0. The Morgan fingerprint density at radius 2 is 1.79 bits per heavy atom. The maximum absolute atomic E-state index is 5.92. The summed E-state index contributed by atoms with van der Waals surface area (Å²) in [5, 5.41) is 3.75. The molecule has 114 valence electrons. The van der Waals surface area contributed by atoms with Crippen molar-refractivity contribution in [3.8, 4) is 0 Å².